The molecule has 1 saturated heterocycles. The maximum atomic E-state index is 12.5. The highest BCUT2D eigenvalue weighted by Gasteiger charge is 2.25. The first-order valence-electron chi connectivity index (χ1n) is 45.3. The SMILES string of the molecule is CC(=O)c1ccc(NC(=O)c2ccc(CSc3ccccn3)cc2)cc1.COc1ccc(CC(=O)Cc2ccc(-c3noc(-c4ccc(C)cc4)n3)cc2)cc1.Cc1ccc(SCC(=O)NC2=NN=C(CC(=O)NCc3ccccc3)C2)cc1.Cc1ccc(SCC(=O)Nc2cccc(-c3nnc(-c4ccco4)o3)c2)cc1.O=C(Cc1ccccc1)Nc1ccc(N2CCN(C(=O)c3cccs3)CC2)cc1. The molecule has 18 rings (SSSR count). The van der Waals surface area contributed by atoms with Gasteiger partial charge in [0.25, 0.3) is 23.6 Å². The lowest BCUT2D eigenvalue weighted by atomic mass is 10.0. The number of carbonyl (C=O) groups excluding carboxylic acids is 8. The summed E-state index contributed by atoms with van der Waals surface area (Å²) in [5, 5.41) is 37.3. The summed E-state index contributed by atoms with van der Waals surface area (Å²) in [4.78, 5) is 113. The summed E-state index contributed by atoms with van der Waals surface area (Å²) < 4.78 is 21.5. The van der Waals surface area contributed by atoms with Crippen LogP contribution in [-0.2, 0) is 55.5 Å². The summed E-state index contributed by atoms with van der Waals surface area (Å²) in [5.41, 5.74) is 16.2. The van der Waals surface area contributed by atoms with Crippen LogP contribution in [0.1, 0.15) is 94.7 Å². The van der Waals surface area contributed by atoms with Gasteiger partial charge in [-0.2, -0.15) is 10.1 Å². The van der Waals surface area contributed by atoms with Crippen molar-refractivity contribution in [3.63, 3.8) is 0 Å². The Morgan fingerprint density at radius 1 is 0.461 bits per heavy atom. The van der Waals surface area contributed by atoms with Gasteiger partial charge in [0.05, 0.1) is 53.3 Å². The maximum Gasteiger partial charge on any atom is 0.283 e. The fourth-order valence-corrected chi connectivity index (χ4v) is 17.0. The number of nitrogens with one attached hydrogen (secondary N) is 5. The number of thiophene rings is 1. The van der Waals surface area contributed by atoms with Crippen LogP contribution in [0.25, 0.3) is 45.9 Å². The molecule has 26 nitrogen and oxygen atoms in total. The highest BCUT2D eigenvalue weighted by atomic mass is 32.2. The first kappa shape index (κ1) is 101. The molecule has 0 unspecified atom stereocenters. The summed E-state index contributed by atoms with van der Waals surface area (Å²) >= 11 is 6.11. The van der Waals surface area contributed by atoms with E-state index in [0.29, 0.717) is 126 Å². The van der Waals surface area contributed by atoms with Gasteiger partial charge in [0.2, 0.25) is 35.3 Å². The number of thioether (sulfide) groups is 3. The Morgan fingerprint density at radius 3 is 1.66 bits per heavy atom. The number of piperazine rings is 1. The van der Waals surface area contributed by atoms with E-state index in [1.165, 1.54) is 58.5 Å². The van der Waals surface area contributed by atoms with E-state index >= 15 is 0 Å². The van der Waals surface area contributed by atoms with Gasteiger partial charge in [-0.05, 0) is 219 Å². The van der Waals surface area contributed by atoms with E-state index in [9.17, 15) is 38.4 Å². The monoisotopic (exact) mass is 1950 g/mol. The molecule has 0 aliphatic carbocycles. The van der Waals surface area contributed by atoms with Crippen molar-refractivity contribution >= 4 is 128 Å². The molecule has 2 aliphatic rings. The van der Waals surface area contributed by atoms with E-state index in [1.807, 2.05) is 310 Å². The van der Waals surface area contributed by atoms with Crippen LogP contribution in [0.4, 0.5) is 22.7 Å². The number of nitrogens with zero attached hydrogens (tertiary/aromatic N) is 9. The fourth-order valence-electron chi connectivity index (χ4n) is 14.1. The number of carbonyl (C=O) groups is 8. The van der Waals surface area contributed by atoms with Crippen molar-refractivity contribution in [2.24, 2.45) is 10.2 Å². The molecule has 2 aliphatic heterocycles. The van der Waals surface area contributed by atoms with Gasteiger partial charge in [0.15, 0.2) is 11.5 Å². The number of benzene rings is 11. The quantitative estimate of drug-likeness (QED) is 0.0199. The lowest BCUT2D eigenvalue weighted by molar-refractivity contribution is -0.120. The second-order valence-electron chi connectivity index (χ2n) is 32.6. The number of aromatic nitrogens is 5. The third kappa shape index (κ3) is 32.3. The van der Waals surface area contributed by atoms with Crippen molar-refractivity contribution < 1.29 is 56.5 Å². The van der Waals surface area contributed by atoms with Gasteiger partial charge >= 0.3 is 0 Å². The number of anilines is 4. The fraction of sp³-hybridized carbons (Fsp3) is 0.162. The number of rotatable bonds is 31. The van der Waals surface area contributed by atoms with E-state index in [-0.39, 0.29) is 53.4 Å². The second kappa shape index (κ2) is 52.0. The highest BCUT2D eigenvalue weighted by molar-refractivity contribution is 8.00. The average Bonchev–Trinajstić information content (AvgIpc) is 1.16. The minimum Gasteiger partial charge on any atom is -0.497 e. The van der Waals surface area contributed by atoms with E-state index in [4.69, 9.17) is 18.1 Å². The molecule has 141 heavy (non-hydrogen) atoms. The molecular weight excluding hydrogens is 1850 g/mol. The van der Waals surface area contributed by atoms with Crippen LogP contribution in [0.2, 0.25) is 0 Å². The molecule has 0 bridgehead atoms. The minimum atomic E-state index is -0.176. The number of hydrogen-bond acceptors (Lipinski definition) is 24. The zero-order valence-corrected chi connectivity index (χ0v) is 81.3. The second-order valence-corrected chi connectivity index (χ2v) is 36.6. The van der Waals surface area contributed by atoms with Gasteiger partial charge in [0.1, 0.15) is 17.4 Å². The summed E-state index contributed by atoms with van der Waals surface area (Å²) in [7, 11) is 1.63. The predicted molar refractivity (Wildman–Crippen MR) is 558 cm³/mol. The number of pyridine rings is 1. The molecule has 0 radical (unpaired) electrons. The molecule has 5 aromatic heterocycles. The van der Waals surface area contributed by atoms with Gasteiger partial charge in [0, 0.05) is 124 Å². The van der Waals surface area contributed by atoms with Gasteiger partial charge in [-0.15, -0.1) is 61.9 Å². The van der Waals surface area contributed by atoms with Gasteiger partial charge in [-0.25, -0.2) is 4.98 Å². The number of ether oxygens (including phenoxy) is 1. The Labute approximate surface area is 833 Å². The Kier molecular flexibility index (Phi) is 37.2. The third-order valence-corrected chi connectivity index (χ3v) is 25.6. The summed E-state index contributed by atoms with van der Waals surface area (Å²) in [6.07, 6.45) is 5.03. The van der Waals surface area contributed by atoms with Crippen LogP contribution in [0.5, 0.6) is 5.75 Å². The Bertz CT molecular complexity index is 6860. The van der Waals surface area contributed by atoms with Crippen LogP contribution in [0.15, 0.2) is 378 Å². The number of ketones is 2. The highest BCUT2D eigenvalue weighted by Crippen LogP contribution is 2.31. The molecule has 0 saturated carbocycles. The molecule has 7 heterocycles. The number of hydrogen-bond donors (Lipinski definition) is 5. The first-order chi connectivity index (χ1) is 68.7. The first-order valence-corrected chi connectivity index (χ1v) is 49.1. The van der Waals surface area contributed by atoms with Crippen molar-refractivity contribution in [3.05, 3.63) is 400 Å². The lowest BCUT2D eigenvalue weighted by Crippen LogP contribution is -2.48. The van der Waals surface area contributed by atoms with Gasteiger partial charge in [-0.1, -0.05) is 186 Å². The van der Waals surface area contributed by atoms with Crippen molar-refractivity contribution in [1.82, 2.24) is 40.9 Å². The number of amides is 6. The number of furan rings is 1. The maximum absolute atomic E-state index is 12.5. The Hall–Kier alpha value is -16.0. The smallest absolute Gasteiger partial charge is 0.283 e. The molecule has 0 atom stereocenters. The van der Waals surface area contributed by atoms with E-state index in [0.717, 1.165) is 94.6 Å². The molecule has 6 amide bonds. The van der Waals surface area contributed by atoms with Gasteiger partial charge < -0.3 is 54.5 Å². The topological polar surface area (TPSA) is 341 Å². The van der Waals surface area contributed by atoms with Crippen molar-refractivity contribution in [1.29, 1.82) is 0 Å². The van der Waals surface area contributed by atoms with E-state index in [1.54, 1.807) is 73.8 Å². The zero-order chi connectivity index (χ0) is 98.4. The van der Waals surface area contributed by atoms with Crippen molar-refractivity contribution in [2.45, 2.75) is 86.9 Å². The van der Waals surface area contributed by atoms with Crippen LogP contribution in [-0.4, -0.2) is 134 Å². The van der Waals surface area contributed by atoms with Crippen LogP contribution >= 0.6 is 46.6 Å². The van der Waals surface area contributed by atoms with Crippen molar-refractivity contribution in [2.75, 3.05) is 65.6 Å². The number of methoxy groups -OCH3 is 1. The van der Waals surface area contributed by atoms with Crippen LogP contribution in [0, 0.1) is 20.8 Å². The summed E-state index contributed by atoms with van der Waals surface area (Å²) in [6, 6.07) is 101. The van der Waals surface area contributed by atoms with E-state index < -0.39 is 0 Å². The molecule has 5 N–H and O–H groups in total. The summed E-state index contributed by atoms with van der Waals surface area (Å²) in [5.74, 6) is 4.66. The average molecular weight is 1950 g/mol. The minimum absolute atomic E-state index is 0.00189. The van der Waals surface area contributed by atoms with E-state index in [2.05, 4.69) is 67.0 Å². The molecule has 712 valence electrons. The largest absolute Gasteiger partial charge is 0.497 e. The van der Waals surface area contributed by atoms with Crippen LogP contribution in [0.3, 0.4) is 0 Å². The standard InChI is InChI=1S/C25H22N2O3.C23H23N3O2S.C21H22N4O2S.C21H17N3O3S.C21H18N2O2S/c1-17-3-9-21(10-4-17)25-26-24(27-30-25)20-11-5-18(6-12-20)15-22(28)16-19-7-13-23(29-2)14-8-19;27-22(17-18-5-2-1-3-6-18)24-19-8-10-20(11-9-19)25-12-14-26(15-13-25)23(28)21-7-4-16-29-21;1-15-7-9-18(10-8-15)28-14-21(27)23-19-11-17(24-25-19)12-20(26)22-13-16-5-3-2-4-6-16;1-14-7-9-17(10-8-14)28-13-19(25)22-16-5-2-4-15(12-16)20-23-24-21(27-20)18-6-3-11-26-18;1-15(24)17-9-11-19(12-10-17)23-21(25)18-7-5-16(6-8-18)14-26-20-4-2-3-13-22-20/h3-14H,15-16H2,1-2H3;1-11,16H,12-15,17H2,(H,24,27);2-10H,11-14H2,1H3,(H,22,26)(H,23,25,27);2-12H,13H2,1H3,(H,22,25);2-13H,14H2,1H3,(H,23,25). The third-order valence-electron chi connectivity index (χ3n) is 21.7. The lowest BCUT2D eigenvalue weighted by Gasteiger charge is -2.36. The zero-order valence-electron chi connectivity index (χ0n) is 78.1. The van der Waals surface area contributed by atoms with Crippen LogP contribution < -0.4 is 36.2 Å². The summed E-state index contributed by atoms with van der Waals surface area (Å²) in [6.45, 7) is 11.1. The predicted octanol–water partition coefficient (Wildman–Crippen LogP) is 21.9. The van der Waals surface area contributed by atoms with Gasteiger partial charge in [-0.3, -0.25) is 38.4 Å². The number of aryl methyl sites for hydroxylation is 3. The van der Waals surface area contributed by atoms with Crippen molar-refractivity contribution in [3.8, 4) is 51.7 Å². The Morgan fingerprint density at radius 2 is 1.04 bits per heavy atom. The Balaban J connectivity index is 0.000000140. The molecule has 11 aromatic carbocycles. The number of Topliss-reactive ketones (excluding diaryl/α,β-unsaturated/α-hetero) is 2. The normalized spacial score (nSPS) is 11.8. The molecule has 0 spiro atoms. The molecule has 1 fully saturated rings. The number of amidine groups is 1. The molecular formula is C111H102N14O12S4. The molecule has 30 heteroatoms. The molecule has 16 aromatic rings.